The Hall–Kier alpha value is -1.43. The molecule has 0 saturated heterocycles. The summed E-state index contributed by atoms with van der Waals surface area (Å²) in [5.74, 6) is 0. The van der Waals surface area contributed by atoms with Crippen LogP contribution in [-0.4, -0.2) is 18.6 Å². The van der Waals surface area contributed by atoms with Crippen molar-refractivity contribution in [3.63, 3.8) is 0 Å². The van der Waals surface area contributed by atoms with Gasteiger partial charge < -0.3 is 0 Å². The third kappa shape index (κ3) is 3.12. The van der Waals surface area contributed by atoms with Gasteiger partial charge >= 0.3 is 0 Å². The largest absolute Gasteiger partial charge is 0.291 e. The van der Waals surface area contributed by atoms with Crippen molar-refractivity contribution in [1.82, 2.24) is 0 Å². The van der Waals surface area contributed by atoms with Gasteiger partial charge in [0.05, 0.1) is 10.2 Å². The lowest BCUT2D eigenvalue weighted by Gasteiger charge is -2.12. The average molecular weight is 285 g/mol. The van der Waals surface area contributed by atoms with Gasteiger partial charge in [-0.05, 0) is 25.8 Å². The van der Waals surface area contributed by atoms with Crippen molar-refractivity contribution >= 4 is 15.5 Å². The van der Waals surface area contributed by atoms with Crippen LogP contribution in [0.4, 0.5) is 5.69 Å². The third-order valence-electron chi connectivity index (χ3n) is 3.20. The monoisotopic (exact) mass is 285 g/mol. The van der Waals surface area contributed by atoms with Gasteiger partial charge in [-0.2, -0.15) is 0 Å². The summed E-state index contributed by atoms with van der Waals surface area (Å²) < 4.78 is 24.7. The first kappa shape index (κ1) is 15.6. The molecule has 5 nitrogen and oxygen atoms in total. The van der Waals surface area contributed by atoms with Gasteiger partial charge in [0, 0.05) is 5.56 Å². The Labute approximate surface area is 113 Å². The van der Waals surface area contributed by atoms with Crippen molar-refractivity contribution in [1.29, 1.82) is 0 Å². The van der Waals surface area contributed by atoms with Crippen LogP contribution in [0.1, 0.15) is 39.2 Å². The number of nitrogens with zero attached hydrogens (tertiary/aromatic N) is 1. The molecule has 0 bridgehead atoms. The Kier molecular flexibility index (Phi) is 5.05. The number of aryl methyl sites for hydroxylation is 1. The van der Waals surface area contributed by atoms with Crippen molar-refractivity contribution < 1.29 is 13.3 Å². The Bertz CT molecular complexity index is 566. The molecular weight excluding hydrogens is 266 g/mol. The lowest BCUT2D eigenvalue weighted by Crippen LogP contribution is -2.18. The van der Waals surface area contributed by atoms with E-state index in [-0.39, 0.29) is 10.6 Å². The topological polar surface area (TPSA) is 77.3 Å². The van der Waals surface area contributed by atoms with Crippen LogP contribution in [0.5, 0.6) is 0 Å². The van der Waals surface area contributed by atoms with E-state index >= 15 is 0 Å². The molecular formula is C13H19NO4S. The maximum atomic E-state index is 12.3. The van der Waals surface area contributed by atoms with Crippen molar-refractivity contribution in [3.8, 4) is 0 Å². The number of rotatable bonds is 6. The molecule has 0 aromatic heterocycles. The normalized spacial score (nSPS) is 13.2. The molecule has 0 radical (unpaired) electrons. The van der Waals surface area contributed by atoms with Gasteiger partial charge in [0.15, 0.2) is 9.84 Å². The van der Waals surface area contributed by atoms with Gasteiger partial charge in [-0.1, -0.05) is 32.4 Å². The SMILES string of the molecule is CCCc1cccc(S(=O)(=O)C(C)CC)c1[N+](=O)[O-]. The fourth-order valence-electron chi connectivity index (χ4n) is 1.91. The van der Waals surface area contributed by atoms with E-state index in [1.165, 1.54) is 6.07 Å². The van der Waals surface area contributed by atoms with E-state index in [1.54, 1.807) is 26.0 Å². The van der Waals surface area contributed by atoms with Crippen LogP contribution >= 0.6 is 0 Å². The molecule has 6 heteroatoms. The molecule has 0 aliphatic heterocycles. The number of benzene rings is 1. The number of hydrogen-bond donors (Lipinski definition) is 0. The zero-order valence-electron chi connectivity index (χ0n) is 11.4. The Morgan fingerprint density at radius 1 is 1.32 bits per heavy atom. The highest BCUT2D eigenvalue weighted by Crippen LogP contribution is 2.31. The second-order valence-corrected chi connectivity index (χ2v) is 6.87. The smallest absolute Gasteiger partial charge is 0.258 e. The molecule has 19 heavy (non-hydrogen) atoms. The Morgan fingerprint density at radius 3 is 2.42 bits per heavy atom. The maximum absolute atomic E-state index is 12.3. The Morgan fingerprint density at radius 2 is 1.95 bits per heavy atom. The van der Waals surface area contributed by atoms with E-state index < -0.39 is 20.0 Å². The van der Waals surface area contributed by atoms with Crippen LogP contribution in [0.15, 0.2) is 23.1 Å². The second-order valence-electron chi connectivity index (χ2n) is 4.53. The fourth-order valence-corrected chi connectivity index (χ4v) is 3.53. The predicted octanol–water partition coefficient (Wildman–Crippen LogP) is 3.12. The van der Waals surface area contributed by atoms with Crippen molar-refractivity contribution in [2.75, 3.05) is 0 Å². The highest BCUT2D eigenvalue weighted by molar-refractivity contribution is 7.92. The fraction of sp³-hybridized carbons (Fsp3) is 0.538. The molecule has 1 unspecified atom stereocenters. The third-order valence-corrected chi connectivity index (χ3v) is 5.53. The molecule has 1 aromatic rings. The molecule has 1 atom stereocenters. The van der Waals surface area contributed by atoms with Gasteiger partial charge in [0.25, 0.3) is 5.69 Å². The van der Waals surface area contributed by atoms with Crippen LogP contribution in [0.2, 0.25) is 0 Å². The molecule has 0 aliphatic rings. The number of para-hydroxylation sites is 1. The summed E-state index contributed by atoms with van der Waals surface area (Å²) in [5, 5.41) is 10.6. The standard InChI is InChI=1S/C13H19NO4S/c1-4-7-11-8-6-9-12(13(11)14(15)16)19(17,18)10(3)5-2/h6,8-10H,4-5,7H2,1-3H3. The van der Waals surface area contributed by atoms with Crippen LogP contribution < -0.4 is 0 Å². The van der Waals surface area contributed by atoms with Crippen molar-refractivity contribution in [2.45, 2.75) is 50.2 Å². The first-order valence-corrected chi connectivity index (χ1v) is 7.91. The number of sulfone groups is 1. The molecule has 106 valence electrons. The van der Waals surface area contributed by atoms with Gasteiger partial charge in [-0.25, -0.2) is 8.42 Å². The van der Waals surface area contributed by atoms with Crippen molar-refractivity contribution in [3.05, 3.63) is 33.9 Å². The van der Waals surface area contributed by atoms with Gasteiger partial charge in [0.2, 0.25) is 0 Å². The number of nitro benzene ring substituents is 1. The highest BCUT2D eigenvalue weighted by Gasteiger charge is 2.31. The first-order chi connectivity index (χ1) is 8.86. The van der Waals surface area contributed by atoms with Crippen molar-refractivity contribution in [2.24, 2.45) is 0 Å². The van der Waals surface area contributed by atoms with E-state index in [9.17, 15) is 18.5 Å². The van der Waals surface area contributed by atoms with Crippen LogP contribution in [0.25, 0.3) is 0 Å². The Balaban J connectivity index is 3.52. The average Bonchev–Trinajstić information content (AvgIpc) is 2.37. The second kappa shape index (κ2) is 6.14. The molecule has 0 spiro atoms. The zero-order valence-corrected chi connectivity index (χ0v) is 12.2. The molecule has 0 N–H and O–H groups in total. The summed E-state index contributed by atoms with van der Waals surface area (Å²) in [7, 11) is -3.65. The minimum Gasteiger partial charge on any atom is -0.258 e. The minimum atomic E-state index is -3.65. The number of hydrogen-bond acceptors (Lipinski definition) is 4. The van der Waals surface area contributed by atoms with Crippen LogP contribution in [0, 0.1) is 10.1 Å². The molecule has 0 saturated carbocycles. The van der Waals surface area contributed by atoms with Gasteiger partial charge in [-0.15, -0.1) is 0 Å². The van der Waals surface area contributed by atoms with Crippen LogP contribution in [-0.2, 0) is 16.3 Å². The lowest BCUT2D eigenvalue weighted by atomic mass is 10.1. The quantitative estimate of drug-likeness (QED) is 0.594. The molecule has 0 aliphatic carbocycles. The summed E-state index contributed by atoms with van der Waals surface area (Å²) in [6, 6.07) is 4.53. The van der Waals surface area contributed by atoms with E-state index in [0.29, 0.717) is 18.4 Å². The molecule has 0 amide bonds. The molecule has 1 rings (SSSR count). The summed E-state index contributed by atoms with van der Waals surface area (Å²) in [6.07, 6.45) is 1.66. The predicted molar refractivity (Wildman–Crippen MR) is 74.0 cm³/mol. The molecule has 1 aromatic carbocycles. The van der Waals surface area contributed by atoms with Gasteiger partial charge in [0.1, 0.15) is 4.90 Å². The summed E-state index contributed by atoms with van der Waals surface area (Å²) in [6.45, 7) is 5.23. The van der Waals surface area contributed by atoms with Gasteiger partial charge in [-0.3, -0.25) is 10.1 Å². The summed E-state index contributed by atoms with van der Waals surface area (Å²) in [5.41, 5.74) is 0.224. The lowest BCUT2D eigenvalue weighted by molar-refractivity contribution is -0.388. The zero-order chi connectivity index (χ0) is 14.6. The number of nitro groups is 1. The first-order valence-electron chi connectivity index (χ1n) is 6.36. The van der Waals surface area contributed by atoms with E-state index in [1.807, 2.05) is 6.92 Å². The highest BCUT2D eigenvalue weighted by atomic mass is 32.2. The maximum Gasteiger partial charge on any atom is 0.291 e. The van der Waals surface area contributed by atoms with E-state index in [0.717, 1.165) is 6.42 Å². The van der Waals surface area contributed by atoms with E-state index in [2.05, 4.69) is 0 Å². The minimum absolute atomic E-state index is 0.155. The molecule has 0 heterocycles. The summed E-state index contributed by atoms with van der Waals surface area (Å²) >= 11 is 0. The van der Waals surface area contributed by atoms with Crippen LogP contribution in [0.3, 0.4) is 0 Å². The van der Waals surface area contributed by atoms with E-state index in [4.69, 9.17) is 0 Å². The molecule has 0 fully saturated rings. The summed E-state index contributed by atoms with van der Waals surface area (Å²) in [4.78, 5) is 10.5.